The van der Waals surface area contributed by atoms with Crippen LogP contribution in [0.1, 0.15) is 46.5 Å². The zero-order chi connectivity index (χ0) is 13.2. The Balaban J connectivity index is 2.14. The number of hydrogen-bond acceptors (Lipinski definition) is 5. The van der Waals surface area contributed by atoms with Gasteiger partial charge in [-0.2, -0.15) is 0 Å². The highest BCUT2D eigenvalue weighted by atomic mass is 32.2. The molecule has 0 aromatic heterocycles. The molecule has 0 bridgehead atoms. The molecule has 0 saturated heterocycles. The van der Waals surface area contributed by atoms with Crippen molar-refractivity contribution in [2.75, 3.05) is 6.61 Å². The number of aliphatic imine (C=N–C) groups is 1. The van der Waals surface area contributed by atoms with Gasteiger partial charge in [0.2, 0.25) is 11.3 Å². The monoisotopic (exact) mass is 271 g/mol. The molecule has 2 aliphatic rings. The Kier molecular flexibility index (Phi) is 4.20. The van der Waals surface area contributed by atoms with E-state index in [1.54, 1.807) is 11.8 Å². The number of hydrogen-bond donors (Lipinski definition) is 0. The molecule has 1 spiro atoms. The van der Waals surface area contributed by atoms with E-state index in [4.69, 9.17) is 14.5 Å². The quantitative estimate of drug-likeness (QED) is 0.741. The maximum Gasteiger partial charge on any atom is 0.350 e. The Bertz CT molecular complexity index is 348. The summed E-state index contributed by atoms with van der Waals surface area (Å²) in [5, 5.41) is 1.06. The summed E-state index contributed by atoms with van der Waals surface area (Å²) in [4.78, 5) is 16.7. The van der Waals surface area contributed by atoms with E-state index < -0.39 is 6.10 Å². The van der Waals surface area contributed by atoms with E-state index in [-0.39, 0.29) is 11.5 Å². The van der Waals surface area contributed by atoms with Crippen molar-refractivity contribution < 1.29 is 14.3 Å². The van der Waals surface area contributed by atoms with E-state index in [0.717, 1.165) is 25.7 Å². The number of carbonyl (C=O) groups excluding carboxylic acids is 1. The van der Waals surface area contributed by atoms with Crippen LogP contribution >= 0.6 is 11.8 Å². The first kappa shape index (κ1) is 13.7. The molecule has 4 nitrogen and oxygen atoms in total. The first-order valence-electron chi connectivity index (χ1n) is 6.67. The van der Waals surface area contributed by atoms with Crippen LogP contribution in [0, 0.1) is 0 Å². The molecule has 1 fully saturated rings. The fourth-order valence-electron chi connectivity index (χ4n) is 2.58. The molecule has 0 aromatic rings. The molecule has 1 saturated carbocycles. The molecule has 0 aromatic carbocycles. The molecular weight excluding hydrogens is 250 g/mol. The van der Waals surface area contributed by atoms with Crippen LogP contribution in [0.3, 0.4) is 0 Å². The first-order valence-corrected chi connectivity index (χ1v) is 7.55. The fraction of sp³-hybridized carbons (Fsp3) is 0.846. The van der Waals surface area contributed by atoms with Crippen molar-refractivity contribution in [3.63, 3.8) is 0 Å². The van der Waals surface area contributed by atoms with Gasteiger partial charge in [0.05, 0.1) is 6.61 Å². The number of esters is 1. The molecule has 5 heteroatoms. The number of rotatable bonds is 3. The Morgan fingerprint density at radius 3 is 2.78 bits per heavy atom. The van der Waals surface area contributed by atoms with Crippen LogP contribution in [0.25, 0.3) is 0 Å². The number of nitrogens with zero attached hydrogens (tertiary/aromatic N) is 1. The number of ether oxygens (including phenoxy) is 2. The SMILES string of the molecule is CCOC(=O)C1OC(SC(C)C)=NC12CCCC2. The summed E-state index contributed by atoms with van der Waals surface area (Å²) in [6, 6.07) is 0. The zero-order valence-corrected chi connectivity index (χ0v) is 12.1. The van der Waals surface area contributed by atoms with E-state index in [2.05, 4.69) is 13.8 Å². The van der Waals surface area contributed by atoms with Crippen LogP contribution in [0.2, 0.25) is 0 Å². The van der Waals surface area contributed by atoms with Crippen LogP contribution < -0.4 is 0 Å². The van der Waals surface area contributed by atoms with Crippen molar-refractivity contribution in [2.24, 2.45) is 4.99 Å². The summed E-state index contributed by atoms with van der Waals surface area (Å²) in [6.45, 7) is 6.39. The molecular formula is C13H21NO3S. The van der Waals surface area contributed by atoms with Crippen LogP contribution in [-0.4, -0.2) is 34.7 Å². The fourth-order valence-corrected chi connectivity index (χ4v) is 3.37. The zero-order valence-electron chi connectivity index (χ0n) is 11.3. The van der Waals surface area contributed by atoms with Crippen molar-refractivity contribution in [1.29, 1.82) is 0 Å². The highest BCUT2D eigenvalue weighted by Gasteiger charge is 2.52. The normalized spacial score (nSPS) is 25.3. The summed E-state index contributed by atoms with van der Waals surface area (Å²) in [5.74, 6) is -0.262. The van der Waals surface area contributed by atoms with Gasteiger partial charge in [-0.15, -0.1) is 0 Å². The Hall–Kier alpha value is -0.710. The van der Waals surface area contributed by atoms with E-state index in [1.165, 1.54) is 0 Å². The summed E-state index contributed by atoms with van der Waals surface area (Å²) < 4.78 is 10.9. The molecule has 102 valence electrons. The molecule has 1 unspecified atom stereocenters. The van der Waals surface area contributed by atoms with Gasteiger partial charge in [0.1, 0.15) is 5.54 Å². The van der Waals surface area contributed by atoms with Gasteiger partial charge in [-0.25, -0.2) is 9.79 Å². The maximum atomic E-state index is 12.0. The highest BCUT2D eigenvalue weighted by molar-refractivity contribution is 8.14. The Labute approximate surface area is 113 Å². The molecule has 1 aliphatic heterocycles. The van der Waals surface area contributed by atoms with Crippen LogP contribution in [0.5, 0.6) is 0 Å². The van der Waals surface area contributed by atoms with E-state index >= 15 is 0 Å². The molecule has 18 heavy (non-hydrogen) atoms. The topological polar surface area (TPSA) is 47.9 Å². The van der Waals surface area contributed by atoms with Crippen molar-refractivity contribution in [3.8, 4) is 0 Å². The second-order valence-electron chi connectivity index (χ2n) is 5.10. The third-order valence-corrected chi connectivity index (χ3v) is 4.19. The lowest BCUT2D eigenvalue weighted by Crippen LogP contribution is -2.42. The largest absolute Gasteiger partial charge is 0.463 e. The summed E-state index contributed by atoms with van der Waals surface area (Å²) in [7, 11) is 0. The first-order chi connectivity index (χ1) is 8.57. The second kappa shape index (κ2) is 5.51. The van der Waals surface area contributed by atoms with Gasteiger partial charge in [0.15, 0.2) is 0 Å². The van der Waals surface area contributed by atoms with Gasteiger partial charge in [-0.3, -0.25) is 0 Å². The van der Waals surface area contributed by atoms with Gasteiger partial charge < -0.3 is 9.47 Å². The van der Waals surface area contributed by atoms with Crippen molar-refractivity contribution >= 4 is 23.0 Å². The van der Waals surface area contributed by atoms with Gasteiger partial charge in [-0.1, -0.05) is 38.5 Å². The molecule has 0 N–H and O–H groups in total. The van der Waals surface area contributed by atoms with Gasteiger partial charge in [0.25, 0.3) is 0 Å². The van der Waals surface area contributed by atoms with E-state index in [1.807, 2.05) is 6.92 Å². The van der Waals surface area contributed by atoms with Crippen molar-refractivity contribution in [1.82, 2.24) is 0 Å². The lowest BCUT2D eigenvalue weighted by molar-refractivity contribution is -0.154. The molecule has 1 heterocycles. The van der Waals surface area contributed by atoms with Gasteiger partial charge in [-0.05, 0) is 19.8 Å². The minimum Gasteiger partial charge on any atom is -0.463 e. The summed E-state index contributed by atoms with van der Waals surface area (Å²) in [5.41, 5.74) is -0.344. The third kappa shape index (κ3) is 2.66. The highest BCUT2D eigenvalue weighted by Crippen LogP contribution is 2.43. The van der Waals surface area contributed by atoms with Crippen LogP contribution in [0.15, 0.2) is 4.99 Å². The Morgan fingerprint density at radius 1 is 1.56 bits per heavy atom. The number of carbonyl (C=O) groups is 1. The van der Waals surface area contributed by atoms with Gasteiger partial charge >= 0.3 is 5.97 Å². The predicted octanol–water partition coefficient (Wildman–Crippen LogP) is 2.76. The van der Waals surface area contributed by atoms with E-state index in [9.17, 15) is 4.79 Å². The van der Waals surface area contributed by atoms with Crippen molar-refractivity contribution in [2.45, 2.75) is 63.3 Å². The molecule has 1 atom stereocenters. The average molecular weight is 271 g/mol. The number of thioether (sulfide) groups is 1. The average Bonchev–Trinajstić information content (AvgIpc) is 2.87. The second-order valence-corrected chi connectivity index (χ2v) is 6.63. The van der Waals surface area contributed by atoms with Crippen LogP contribution in [-0.2, 0) is 14.3 Å². The minimum atomic E-state index is -0.527. The smallest absolute Gasteiger partial charge is 0.350 e. The standard InChI is InChI=1S/C13H21NO3S/c1-4-16-11(15)10-13(7-5-6-8-13)14-12(17-10)18-9(2)3/h9-10H,4-8H2,1-3H3. The van der Waals surface area contributed by atoms with Crippen LogP contribution in [0.4, 0.5) is 0 Å². The Morgan fingerprint density at radius 2 is 2.22 bits per heavy atom. The van der Waals surface area contributed by atoms with E-state index in [0.29, 0.717) is 17.1 Å². The third-order valence-electron chi connectivity index (χ3n) is 3.33. The minimum absolute atomic E-state index is 0.262. The predicted molar refractivity (Wildman–Crippen MR) is 72.9 cm³/mol. The summed E-state index contributed by atoms with van der Waals surface area (Å²) in [6.07, 6.45) is 3.56. The molecule has 0 radical (unpaired) electrons. The summed E-state index contributed by atoms with van der Waals surface area (Å²) >= 11 is 1.58. The molecule has 2 rings (SSSR count). The maximum absolute atomic E-state index is 12.0. The van der Waals surface area contributed by atoms with Gasteiger partial charge in [0, 0.05) is 5.25 Å². The molecule has 1 aliphatic carbocycles. The molecule has 0 amide bonds. The van der Waals surface area contributed by atoms with Crippen molar-refractivity contribution in [3.05, 3.63) is 0 Å². The lowest BCUT2D eigenvalue weighted by atomic mass is 9.92. The lowest BCUT2D eigenvalue weighted by Gasteiger charge is -2.24.